The fourth-order valence-corrected chi connectivity index (χ4v) is 5.19. The molecule has 0 aliphatic carbocycles. The number of nitrogens with one attached hydrogen (secondary N) is 1. The Morgan fingerprint density at radius 3 is 2.88 bits per heavy atom. The Labute approximate surface area is 188 Å². The van der Waals surface area contributed by atoms with Crippen LogP contribution in [-0.4, -0.2) is 69.1 Å². The van der Waals surface area contributed by atoms with Crippen molar-refractivity contribution in [2.45, 2.75) is 19.4 Å². The predicted molar refractivity (Wildman–Crippen MR) is 123 cm³/mol. The molecule has 0 bridgehead atoms. The number of aryl methyl sites for hydroxylation is 1. The highest BCUT2D eigenvalue weighted by Gasteiger charge is 2.32. The highest BCUT2D eigenvalue weighted by molar-refractivity contribution is 7.18. The van der Waals surface area contributed by atoms with Gasteiger partial charge in [-0.3, -0.25) is 14.9 Å². The zero-order valence-corrected chi connectivity index (χ0v) is 18.9. The van der Waals surface area contributed by atoms with Crippen molar-refractivity contribution in [3.8, 4) is 21.1 Å². The predicted octanol–water partition coefficient (Wildman–Crippen LogP) is 3.97. The molecule has 3 aromatic heterocycles. The Balaban J connectivity index is 1.62. The summed E-state index contributed by atoms with van der Waals surface area (Å²) in [5.74, 6) is -0.482. The molecule has 0 radical (unpaired) electrons. The highest BCUT2D eigenvalue weighted by Crippen LogP contribution is 2.39. The van der Waals surface area contributed by atoms with Gasteiger partial charge in [0.2, 0.25) is 0 Å². The summed E-state index contributed by atoms with van der Waals surface area (Å²) >= 11 is 1.35. The van der Waals surface area contributed by atoms with Crippen LogP contribution in [0, 0.1) is 12.7 Å². The van der Waals surface area contributed by atoms with Gasteiger partial charge < -0.3 is 9.80 Å². The van der Waals surface area contributed by atoms with Gasteiger partial charge in [0, 0.05) is 37.1 Å². The van der Waals surface area contributed by atoms with Gasteiger partial charge in [-0.05, 0) is 45.1 Å². The van der Waals surface area contributed by atoms with E-state index >= 15 is 0 Å². The van der Waals surface area contributed by atoms with Gasteiger partial charge >= 0.3 is 0 Å². The molecular weight excluding hydrogens is 427 g/mol. The Kier molecular flexibility index (Phi) is 5.22. The first kappa shape index (κ1) is 20.7. The second-order valence-electron chi connectivity index (χ2n) is 8.28. The largest absolute Gasteiger partial charge is 0.336 e. The smallest absolute Gasteiger partial charge is 0.274 e. The Bertz CT molecular complexity index is 1300. The Hall–Kier alpha value is -3.17. The first-order chi connectivity index (χ1) is 15.4. The maximum atomic E-state index is 14.7. The molecule has 1 fully saturated rings. The van der Waals surface area contributed by atoms with Crippen molar-refractivity contribution in [1.82, 2.24) is 30.0 Å². The molecule has 164 valence electrons. The number of H-pyrrole nitrogens is 1. The monoisotopic (exact) mass is 450 g/mol. The number of thiazole rings is 1. The van der Waals surface area contributed by atoms with Gasteiger partial charge in [0.1, 0.15) is 22.2 Å². The maximum absolute atomic E-state index is 14.7. The molecule has 9 heteroatoms. The average Bonchev–Trinajstić information content (AvgIpc) is 3.54. The zero-order chi connectivity index (χ0) is 22.4. The summed E-state index contributed by atoms with van der Waals surface area (Å²) in [6.45, 7) is 3.23. The minimum atomic E-state index is -0.367. The fourth-order valence-electron chi connectivity index (χ4n) is 4.14. The van der Waals surface area contributed by atoms with Crippen molar-refractivity contribution in [2.24, 2.45) is 0 Å². The van der Waals surface area contributed by atoms with Gasteiger partial charge in [-0.1, -0.05) is 12.1 Å². The molecule has 1 aliphatic heterocycles. The third kappa shape index (κ3) is 3.47. The quantitative estimate of drug-likeness (QED) is 0.509. The van der Waals surface area contributed by atoms with Crippen LogP contribution in [0.3, 0.4) is 0 Å². The molecule has 32 heavy (non-hydrogen) atoms. The van der Waals surface area contributed by atoms with Crippen molar-refractivity contribution in [3.63, 3.8) is 0 Å². The Morgan fingerprint density at radius 2 is 2.16 bits per heavy atom. The molecule has 7 nitrogen and oxygen atoms in total. The standard InChI is InChI=1S/C23H23FN6OS/c1-13-6-7-16(24)17-18(13)27-28-19(17)22-26-20(21(32-22)14-5-4-9-25-11-14)23(31)30-10-8-15(12-30)29(2)3/h4-7,9,11,15H,8,10,12H2,1-3H3,(H,27,28)/t15-/m0/s1. The van der Waals surface area contributed by atoms with Crippen LogP contribution in [0.1, 0.15) is 22.5 Å². The van der Waals surface area contributed by atoms with Crippen LogP contribution >= 0.6 is 11.3 Å². The van der Waals surface area contributed by atoms with Gasteiger partial charge in [-0.2, -0.15) is 5.10 Å². The van der Waals surface area contributed by atoms with Crippen LogP contribution < -0.4 is 0 Å². The number of aromatic nitrogens is 4. The van der Waals surface area contributed by atoms with E-state index in [4.69, 9.17) is 4.98 Å². The summed E-state index contributed by atoms with van der Waals surface area (Å²) < 4.78 is 14.7. The minimum absolute atomic E-state index is 0.115. The molecule has 1 aromatic carbocycles. The molecule has 4 aromatic rings. The molecule has 1 atom stereocenters. The van der Waals surface area contributed by atoms with E-state index < -0.39 is 0 Å². The van der Waals surface area contributed by atoms with Crippen LogP contribution in [0.5, 0.6) is 0 Å². The van der Waals surface area contributed by atoms with Crippen molar-refractivity contribution in [2.75, 3.05) is 27.2 Å². The van der Waals surface area contributed by atoms with Crippen LogP contribution in [0.4, 0.5) is 4.39 Å². The van der Waals surface area contributed by atoms with E-state index in [9.17, 15) is 9.18 Å². The lowest BCUT2D eigenvalue weighted by Crippen LogP contribution is -2.34. The number of benzene rings is 1. The lowest BCUT2D eigenvalue weighted by Gasteiger charge is -2.20. The van der Waals surface area contributed by atoms with Crippen molar-refractivity contribution in [1.29, 1.82) is 0 Å². The second-order valence-corrected chi connectivity index (χ2v) is 9.28. The molecule has 0 spiro atoms. The van der Waals surface area contributed by atoms with Gasteiger partial charge in [0.05, 0.1) is 15.8 Å². The van der Waals surface area contributed by atoms with E-state index in [0.29, 0.717) is 46.4 Å². The van der Waals surface area contributed by atoms with E-state index in [-0.39, 0.29) is 11.7 Å². The molecule has 1 amide bonds. The SMILES string of the molecule is Cc1ccc(F)c2c(-c3nc(C(=O)N4CC[C@H](N(C)C)C4)c(-c4cccnc4)s3)[nH]nc12. The third-order valence-corrected chi connectivity index (χ3v) is 7.13. The van der Waals surface area contributed by atoms with Gasteiger partial charge in [0.15, 0.2) is 0 Å². The Morgan fingerprint density at radius 1 is 1.31 bits per heavy atom. The van der Waals surface area contributed by atoms with Crippen LogP contribution in [0.15, 0.2) is 36.7 Å². The van der Waals surface area contributed by atoms with Gasteiger partial charge in [-0.25, -0.2) is 9.37 Å². The number of amides is 1. The third-order valence-electron chi connectivity index (χ3n) is 6.01. The molecule has 1 aliphatic rings. The molecule has 0 unspecified atom stereocenters. The van der Waals surface area contributed by atoms with Crippen molar-refractivity contribution >= 4 is 28.1 Å². The van der Waals surface area contributed by atoms with Crippen molar-refractivity contribution < 1.29 is 9.18 Å². The molecule has 5 rings (SSSR count). The normalized spacial score (nSPS) is 16.4. The number of carbonyl (C=O) groups excluding carboxylic acids is 1. The number of carbonyl (C=O) groups is 1. The lowest BCUT2D eigenvalue weighted by atomic mass is 10.1. The number of fused-ring (bicyclic) bond motifs is 1. The maximum Gasteiger partial charge on any atom is 0.274 e. The van der Waals surface area contributed by atoms with Gasteiger partial charge in [0.25, 0.3) is 5.91 Å². The first-order valence-electron chi connectivity index (χ1n) is 10.4. The van der Waals surface area contributed by atoms with Crippen LogP contribution in [-0.2, 0) is 0 Å². The molecular formula is C23H23FN6OS. The summed E-state index contributed by atoms with van der Waals surface area (Å²) in [5.41, 5.74) is 3.11. The average molecular weight is 451 g/mol. The lowest BCUT2D eigenvalue weighted by molar-refractivity contribution is 0.0779. The molecule has 4 heterocycles. The number of nitrogens with zero attached hydrogens (tertiary/aromatic N) is 5. The molecule has 1 saturated heterocycles. The van der Waals surface area contributed by atoms with Crippen LogP contribution in [0.2, 0.25) is 0 Å². The number of hydrogen-bond acceptors (Lipinski definition) is 6. The summed E-state index contributed by atoms with van der Waals surface area (Å²) in [6, 6.07) is 7.20. The van der Waals surface area contributed by atoms with E-state index in [1.165, 1.54) is 17.4 Å². The fraction of sp³-hybridized carbons (Fsp3) is 0.304. The zero-order valence-electron chi connectivity index (χ0n) is 18.1. The number of likely N-dealkylation sites (tertiary alicyclic amines) is 1. The van der Waals surface area contributed by atoms with E-state index in [1.54, 1.807) is 18.5 Å². The summed E-state index contributed by atoms with van der Waals surface area (Å²) in [5, 5.41) is 8.18. The minimum Gasteiger partial charge on any atom is -0.336 e. The topological polar surface area (TPSA) is 78.0 Å². The summed E-state index contributed by atoms with van der Waals surface area (Å²) in [7, 11) is 4.06. The van der Waals surface area contributed by atoms with Gasteiger partial charge in [-0.15, -0.1) is 11.3 Å². The van der Waals surface area contributed by atoms with E-state index in [2.05, 4.69) is 20.1 Å². The molecule has 1 N–H and O–H groups in total. The number of pyridine rings is 1. The number of hydrogen-bond donors (Lipinski definition) is 1. The van der Waals surface area contributed by atoms with E-state index in [0.717, 1.165) is 22.4 Å². The number of halogens is 1. The summed E-state index contributed by atoms with van der Waals surface area (Å²) in [6.07, 6.45) is 4.33. The first-order valence-corrected chi connectivity index (χ1v) is 11.3. The van der Waals surface area contributed by atoms with Crippen LogP contribution in [0.25, 0.3) is 32.0 Å². The highest BCUT2D eigenvalue weighted by atomic mass is 32.1. The number of likely N-dealkylation sites (N-methyl/N-ethyl adjacent to an activating group) is 1. The number of aromatic amines is 1. The summed E-state index contributed by atoms with van der Waals surface area (Å²) in [4.78, 5) is 27.1. The number of rotatable bonds is 4. The van der Waals surface area contributed by atoms with Crippen molar-refractivity contribution in [3.05, 3.63) is 53.7 Å². The molecule has 0 saturated carbocycles. The van der Waals surface area contributed by atoms with E-state index in [1.807, 2.05) is 38.1 Å². The second kappa shape index (κ2) is 8.07.